The monoisotopic (exact) mass is 846 g/mol. The normalized spacial score (nSPS) is 13.3. The third-order valence-electron chi connectivity index (χ3n) is 7.14. The minimum Gasteiger partial charge on any atom is -0.304 e. The highest BCUT2D eigenvalue weighted by Crippen LogP contribution is 2.46. The zero-order valence-corrected chi connectivity index (χ0v) is 37.1. The molecule has 0 aromatic heterocycles. The van der Waals surface area contributed by atoms with E-state index in [4.69, 9.17) is 39.1 Å². The van der Waals surface area contributed by atoms with Gasteiger partial charge in [-0.05, 0) is 78.5 Å². The molecule has 0 saturated carbocycles. The van der Waals surface area contributed by atoms with E-state index >= 15 is 0 Å². The third-order valence-corrected chi connectivity index (χ3v) is 9.20. The van der Waals surface area contributed by atoms with Crippen molar-refractivity contribution in [3.63, 3.8) is 0 Å². The van der Waals surface area contributed by atoms with E-state index in [-0.39, 0.29) is 0 Å². The standard InChI is InChI=1S/4C6H15N.C4H14O16P4/c4*1-4-7(5-2)6-3;5-21(6,7)17-1-3(19-23(11,12)13)4(20-24(14,15)16)2-18-22(8,9)10/h4*4-6H2,1-3H3;3-4H,1-2H2,(H2,5,6,7)(H2,8,9,10)(H2,11,12,13)(H2,14,15,16)/t;;;;3-,4+. The third kappa shape index (κ3) is 48.3. The largest absolute Gasteiger partial charge is 0.470 e. The van der Waals surface area contributed by atoms with Crippen LogP contribution < -0.4 is 0 Å². The van der Waals surface area contributed by atoms with Crippen molar-refractivity contribution in [1.82, 2.24) is 19.6 Å². The summed E-state index contributed by atoms with van der Waals surface area (Å²) in [4.78, 5) is 78.4. The molecule has 0 bridgehead atoms. The fourth-order valence-electron chi connectivity index (χ4n) is 3.79. The molecule has 0 aromatic carbocycles. The number of nitrogens with zero attached hydrogens (tertiary/aromatic N) is 4. The van der Waals surface area contributed by atoms with Crippen LogP contribution in [-0.4, -0.2) is 163 Å². The Kier molecular flexibility index (Phi) is 42.2. The van der Waals surface area contributed by atoms with Gasteiger partial charge in [0.05, 0.1) is 13.2 Å². The first-order valence-electron chi connectivity index (χ1n) is 17.5. The van der Waals surface area contributed by atoms with Crippen molar-refractivity contribution in [2.45, 2.75) is 95.3 Å². The smallest absolute Gasteiger partial charge is 0.304 e. The molecule has 0 heterocycles. The molecule has 0 fully saturated rings. The summed E-state index contributed by atoms with van der Waals surface area (Å²) >= 11 is 0. The topological polar surface area (TPSA) is 280 Å². The van der Waals surface area contributed by atoms with Crippen molar-refractivity contribution in [1.29, 1.82) is 0 Å². The summed E-state index contributed by atoms with van der Waals surface area (Å²) in [6.07, 6.45) is -4.59. The van der Waals surface area contributed by atoms with Gasteiger partial charge in [-0.3, -0.25) is 18.1 Å². The molecule has 0 aliphatic carbocycles. The second kappa shape index (κ2) is 35.7. The molecule has 0 radical (unpaired) electrons. The minimum atomic E-state index is -5.40. The first-order chi connectivity index (χ1) is 23.8. The average molecular weight is 847 g/mol. The molecule has 24 heteroatoms. The van der Waals surface area contributed by atoms with Gasteiger partial charge in [0.1, 0.15) is 12.2 Å². The maximum Gasteiger partial charge on any atom is 0.470 e. The van der Waals surface area contributed by atoms with Crippen LogP contribution >= 0.6 is 31.3 Å². The van der Waals surface area contributed by atoms with Crippen LogP contribution in [0.5, 0.6) is 0 Å². The molecule has 8 N–H and O–H groups in total. The van der Waals surface area contributed by atoms with Crippen molar-refractivity contribution in [2.75, 3.05) is 91.8 Å². The van der Waals surface area contributed by atoms with Gasteiger partial charge < -0.3 is 58.7 Å². The average Bonchev–Trinajstić information content (AvgIpc) is 3.04. The van der Waals surface area contributed by atoms with Crippen LogP contribution in [0.3, 0.4) is 0 Å². The van der Waals surface area contributed by atoms with E-state index in [1.807, 2.05) is 0 Å². The van der Waals surface area contributed by atoms with Gasteiger partial charge in [0, 0.05) is 0 Å². The lowest BCUT2D eigenvalue weighted by Crippen LogP contribution is -2.37. The second-order valence-electron chi connectivity index (χ2n) is 10.3. The van der Waals surface area contributed by atoms with Gasteiger partial charge in [0.2, 0.25) is 0 Å². The Morgan fingerprint density at radius 3 is 0.577 bits per heavy atom. The number of phosphoric ester groups is 4. The highest BCUT2D eigenvalue weighted by Gasteiger charge is 2.38. The van der Waals surface area contributed by atoms with Crippen molar-refractivity contribution < 1.29 is 75.5 Å². The Balaban J connectivity index is -0.000000212. The van der Waals surface area contributed by atoms with E-state index in [1.54, 1.807) is 0 Å². The first kappa shape index (κ1) is 61.5. The Labute approximate surface area is 313 Å². The van der Waals surface area contributed by atoms with E-state index in [0.717, 1.165) is 0 Å². The molecular weight excluding hydrogens is 772 g/mol. The highest BCUT2D eigenvalue weighted by atomic mass is 31.2. The molecule has 0 aromatic rings. The molecule has 52 heavy (non-hydrogen) atoms. The molecule has 0 aliphatic rings. The van der Waals surface area contributed by atoms with Crippen molar-refractivity contribution >= 4 is 31.3 Å². The van der Waals surface area contributed by atoms with Crippen LogP contribution in [0.4, 0.5) is 0 Å². The fraction of sp³-hybridized carbons (Fsp3) is 1.00. The maximum atomic E-state index is 10.8. The van der Waals surface area contributed by atoms with Crippen LogP contribution in [-0.2, 0) is 36.4 Å². The van der Waals surface area contributed by atoms with Gasteiger partial charge in [-0.15, -0.1) is 0 Å². The van der Waals surface area contributed by atoms with Gasteiger partial charge in [0.15, 0.2) is 0 Å². The molecule has 0 saturated heterocycles. The quantitative estimate of drug-likeness (QED) is 0.0683. The molecule has 0 amide bonds. The van der Waals surface area contributed by atoms with Crippen molar-refractivity contribution in [3.8, 4) is 0 Å². The van der Waals surface area contributed by atoms with Crippen LogP contribution in [0.1, 0.15) is 83.1 Å². The molecule has 0 aliphatic heterocycles. The van der Waals surface area contributed by atoms with Gasteiger partial charge in [-0.25, -0.2) is 18.3 Å². The maximum absolute atomic E-state index is 10.8. The van der Waals surface area contributed by atoms with E-state index in [9.17, 15) is 18.3 Å². The van der Waals surface area contributed by atoms with E-state index in [2.05, 4.69) is 121 Å². The summed E-state index contributed by atoms with van der Waals surface area (Å²) in [6, 6.07) is 0. The number of hydrogen-bond acceptors (Lipinski definition) is 12. The van der Waals surface area contributed by atoms with E-state index < -0.39 is 56.7 Å². The fourth-order valence-corrected chi connectivity index (χ4v) is 5.57. The number of rotatable bonds is 23. The first-order valence-corrected chi connectivity index (χ1v) is 23.7. The lowest BCUT2D eigenvalue weighted by Gasteiger charge is -2.27. The molecule has 2 atom stereocenters. The van der Waals surface area contributed by atoms with Gasteiger partial charge in [-0.1, -0.05) is 83.1 Å². The van der Waals surface area contributed by atoms with Gasteiger partial charge in [0.25, 0.3) is 0 Å². The Morgan fingerprint density at radius 1 is 0.346 bits per heavy atom. The molecule has 322 valence electrons. The lowest BCUT2D eigenvalue weighted by atomic mass is 10.2. The molecule has 20 nitrogen and oxygen atoms in total. The molecular formula is C28H74N4O16P4. The van der Waals surface area contributed by atoms with Crippen LogP contribution in [0, 0.1) is 0 Å². The predicted octanol–water partition coefficient (Wildman–Crippen LogP) is 3.55. The summed E-state index contributed by atoms with van der Waals surface area (Å²) in [7, 11) is -21.2. The number of phosphoric acid groups is 4. The summed E-state index contributed by atoms with van der Waals surface area (Å²) in [5.41, 5.74) is 0. The van der Waals surface area contributed by atoms with Crippen molar-refractivity contribution in [2.24, 2.45) is 0 Å². The second-order valence-corrected chi connectivity index (χ2v) is 15.2. The predicted molar refractivity (Wildman–Crippen MR) is 204 cm³/mol. The highest BCUT2D eigenvalue weighted by molar-refractivity contribution is 7.47. The zero-order valence-electron chi connectivity index (χ0n) is 33.5. The summed E-state index contributed by atoms with van der Waals surface area (Å²) < 4.78 is 58.6. The minimum absolute atomic E-state index is 1.19. The van der Waals surface area contributed by atoms with Crippen LogP contribution in [0.2, 0.25) is 0 Å². The summed E-state index contributed by atoms with van der Waals surface area (Å²) in [5.74, 6) is 0. The lowest BCUT2D eigenvalue weighted by molar-refractivity contribution is -0.0345. The van der Waals surface area contributed by atoms with Crippen molar-refractivity contribution in [3.05, 3.63) is 0 Å². The molecule has 0 spiro atoms. The Hall–Kier alpha value is 0.280. The van der Waals surface area contributed by atoms with Gasteiger partial charge >= 0.3 is 31.3 Å². The van der Waals surface area contributed by atoms with Gasteiger partial charge in [-0.2, -0.15) is 0 Å². The zero-order chi connectivity index (χ0) is 42.2. The van der Waals surface area contributed by atoms with E-state index in [1.165, 1.54) is 78.5 Å². The molecule has 0 rings (SSSR count). The Morgan fingerprint density at radius 2 is 0.500 bits per heavy atom. The van der Waals surface area contributed by atoms with Crippen LogP contribution in [0.15, 0.2) is 0 Å². The van der Waals surface area contributed by atoms with Crippen LogP contribution in [0.25, 0.3) is 0 Å². The summed E-state index contributed by atoms with van der Waals surface area (Å²) in [5, 5.41) is 0. The SMILES string of the molecule is CCN(CC)CC.CCN(CC)CC.CCN(CC)CC.CCN(CC)CC.O=P(O)(O)OC[C@H](OP(=O)(O)O)[C@@H](COP(=O)(O)O)OP(=O)(O)O. The number of hydrogen-bond donors (Lipinski definition) is 8. The molecule has 0 unspecified atom stereocenters. The van der Waals surface area contributed by atoms with E-state index in [0.29, 0.717) is 0 Å². The summed E-state index contributed by atoms with van der Waals surface area (Å²) in [6.45, 7) is 37.7. The Bertz CT molecular complexity index is 845.